The second-order valence-corrected chi connectivity index (χ2v) is 7.39. The molecule has 0 amide bonds. The fraction of sp³-hybridized carbons (Fsp3) is 0.136. The van der Waals surface area contributed by atoms with Crippen molar-refractivity contribution in [3.8, 4) is 11.4 Å². The number of fused-ring (bicyclic) bond motifs is 1. The highest BCUT2D eigenvalue weighted by Crippen LogP contribution is 2.29. The van der Waals surface area contributed by atoms with Crippen LogP contribution in [0.4, 0.5) is 15.9 Å². The van der Waals surface area contributed by atoms with Gasteiger partial charge in [-0.3, -0.25) is 4.98 Å². The van der Waals surface area contributed by atoms with Crippen molar-refractivity contribution in [3.63, 3.8) is 0 Å². The number of nitrogens with one attached hydrogen (secondary N) is 1. The summed E-state index contributed by atoms with van der Waals surface area (Å²) in [6.45, 7) is 0.804. The van der Waals surface area contributed by atoms with Gasteiger partial charge >= 0.3 is 0 Å². The fourth-order valence-corrected chi connectivity index (χ4v) is 3.25. The van der Waals surface area contributed by atoms with Crippen LogP contribution in [0.3, 0.4) is 0 Å². The van der Waals surface area contributed by atoms with E-state index in [1.165, 1.54) is 12.1 Å². The third kappa shape index (κ3) is 4.34. The highest BCUT2D eigenvalue weighted by atomic mass is 35.5. The zero-order valence-electron chi connectivity index (χ0n) is 16.0. The van der Waals surface area contributed by atoms with E-state index >= 15 is 0 Å². The molecule has 146 valence electrons. The number of anilines is 2. The standard InChI is InChI=1S/C22H19ClFN5/c1-29(2)13-14-5-7-17-20(10-14)27-21(15-4-3-9-25-12-15)28-22(17)26-16-6-8-19(24)18(23)11-16/h3-12H,13H2,1-2H3,(H,26,27,28). The van der Waals surface area contributed by atoms with Gasteiger partial charge in [-0.05, 0) is 62.1 Å². The largest absolute Gasteiger partial charge is 0.340 e. The summed E-state index contributed by atoms with van der Waals surface area (Å²) >= 11 is 5.93. The molecule has 5 nitrogen and oxygen atoms in total. The van der Waals surface area contributed by atoms with E-state index in [9.17, 15) is 4.39 Å². The van der Waals surface area contributed by atoms with E-state index in [1.54, 1.807) is 18.5 Å². The molecule has 2 aromatic carbocycles. The number of benzene rings is 2. The zero-order valence-corrected chi connectivity index (χ0v) is 16.8. The average molecular weight is 408 g/mol. The van der Waals surface area contributed by atoms with Crippen LogP contribution in [0.2, 0.25) is 5.02 Å². The smallest absolute Gasteiger partial charge is 0.163 e. The Labute approximate surface area is 173 Å². The summed E-state index contributed by atoms with van der Waals surface area (Å²) in [5, 5.41) is 4.16. The summed E-state index contributed by atoms with van der Waals surface area (Å²) in [5.41, 5.74) is 3.42. The Bertz CT molecular complexity index is 1160. The molecule has 0 atom stereocenters. The zero-order chi connectivity index (χ0) is 20.4. The first-order valence-corrected chi connectivity index (χ1v) is 9.45. The Morgan fingerprint density at radius 1 is 1.07 bits per heavy atom. The molecule has 4 rings (SSSR count). The predicted octanol–water partition coefficient (Wildman–Crippen LogP) is 5.29. The fourth-order valence-electron chi connectivity index (χ4n) is 3.07. The second-order valence-electron chi connectivity index (χ2n) is 6.98. The molecule has 2 aromatic heterocycles. The van der Waals surface area contributed by atoms with Crippen molar-refractivity contribution < 1.29 is 4.39 Å². The maximum Gasteiger partial charge on any atom is 0.163 e. The van der Waals surface area contributed by atoms with Crippen molar-refractivity contribution in [2.45, 2.75) is 6.54 Å². The van der Waals surface area contributed by atoms with Crippen molar-refractivity contribution in [3.05, 3.63) is 77.3 Å². The molecule has 4 aromatic rings. The number of nitrogens with zero attached hydrogens (tertiary/aromatic N) is 4. The van der Waals surface area contributed by atoms with E-state index in [0.29, 0.717) is 17.3 Å². The maximum absolute atomic E-state index is 13.5. The summed E-state index contributed by atoms with van der Waals surface area (Å²) in [6.07, 6.45) is 3.43. The van der Waals surface area contributed by atoms with Crippen LogP contribution in [0, 0.1) is 5.82 Å². The van der Waals surface area contributed by atoms with Crippen LogP contribution in [0.1, 0.15) is 5.56 Å². The number of rotatable bonds is 5. The second kappa shape index (κ2) is 8.11. The molecule has 29 heavy (non-hydrogen) atoms. The Morgan fingerprint density at radius 3 is 2.66 bits per heavy atom. The molecule has 0 bridgehead atoms. The third-order valence-electron chi connectivity index (χ3n) is 4.36. The lowest BCUT2D eigenvalue weighted by atomic mass is 10.1. The van der Waals surface area contributed by atoms with Gasteiger partial charge in [0.15, 0.2) is 5.82 Å². The Morgan fingerprint density at radius 2 is 1.93 bits per heavy atom. The van der Waals surface area contributed by atoms with Crippen molar-refractivity contribution in [1.82, 2.24) is 19.9 Å². The lowest BCUT2D eigenvalue weighted by molar-refractivity contribution is 0.402. The Balaban J connectivity index is 1.84. The van der Waals surface area contributed by atoms with Crippen LogP contribution < -0.4 is 5.32 Å². The maximum atomic E-state index is 13.5. The Kier molecular flexibility index (Phi) is 5.38. The van der Waals surface area contributed by atoms with Gasteiger partial charge < -0.3 is 10.2 Å². The van der Waals surface area contributed by atoms with Crippen LogP contribution in [0.15, 0.2) is 60.9 Å². The van der Waals surface area contributed by atoms with Gasteiger partial charge in [-0.1, -0.05) is 17.7 Å². The predicted molar refractivity (Wildman–Crippen MR) is 115 cm³/mol. The number of halogens is 2. The Hall–Kier alpha value is -3.09. The molecule has 0 aliphatic carbocycles. The van der Waals surface area contributed by atoms with E-state index in [4.69, 9.17) is 21.6 Å². The number of hydrogen-bond acceptors (Lipinski definition) is 5. The summed E-state index contributed by atoms with van der Waals surface area (Å²) in [6, 6.07) is 14.3. The molecule has 0 unspecified atom stereocenters. The van der Waals surface area contributed by atoms with Gasteiger partial charge in [0.25, 0.3) is 0 Å². The third-order valence-corrected chi connectivity index (χ3v) is 4.65. The van der Waals surface area contributed by atoms with Crippen LogP contribution >= 0.6 is 11.6 Å². The van der Waals surface area contributed by atoms with Gasteiger partial charge in [0.05, 0.1) is 10.5 Å². The minimum Gasteiger partial charge on any atom is -0.340 e. The van der Waals surface area contributed by atoms with E-state index in [0.717, 1.165) is 28.6 Å². The number of pyridine rings is 1. The molecular formula is C22H19ClFN5. The van der Waals surface area contributed by atoms with Gasteiger partial charge in [-0.15, -0.1) is 0 Å². The van der Waals surface area contributed by atoms with Crippen LogP contribution in [0.5, 0.6) is 0 Å². The molecule has 1 N–H and O–H groups in total. The molecule has 0 aliphatic heterocycles. The van der Waals surface area contributed by atoms with Gasteiger partial charge in [0.1, 0.15) is 11.6 Å². The quantitative estimate of drug-likeness (QED) is 0.487. The van der Waals surface area contributed by atoms with Crippen LogP contribution in [-0.2, 0) is 6.54 Å². The van der Waals surface area contributed by atoms with Gasteiger partial charge in [0, 0.05) is 35.6 Å². The first-order valence-electron chi connectivity index (χ1n) is 9.07. The first kappa shape index (κ1) is 19.2. The van der Waals surface area contributed by atoms with Crippen LogP contribution in [-0.4, -0.2) is 33.9 Å². The summed E-state index contributed by atoms with van der Waals surface area (Å²) < 4.78 is 13.5. The highest BCUT2D eigenvalue weighted by Gasteiger charge is 2.12. The molecule has 0 aliphatic rings. The van der Waals surface area contributed by atoms with E-state index in [2.05, 4.69) is 27.3 Å². The molecular weight excluding hydrogens is 389 g/mol. The van der Waals surface area contributed by atoms with E-state index in [-0.39, 0.29) is 5.02 Å². The molecule has 0 saturated heterocycles. The monoisotopic (exact) mass is 407 g/mol. The average Bonchev–Trinajstić information content (AvgIpc) is 2.70. The van der Waals surface area contributed by atoms with Crippen molar-refractivity contribution in [2.24, 2.45) is 0 Å². The lowest BCUT2D eigenvalue weighted by Gasteiger charge is -2.14. The summed E-state index contributed by atoms with van der Waals surface area (Å²) in [4.78, 5) is 15.7. The number of aromatic nitrogens is 3. The molecule has 0 saturated carbocycles. The highest BCUT2D eigenvalue weighted by molar-refractivity contribution is 6.31. The van der Waals surface area contributed by atoms with Gasteiger partial charge in [0.2, 0.25) is 0 Å². The molecule has 0 fully saturated rings. The summed E-state index contributed by atoms with van der Waals surface area (Å²) in [7, 11) is 4.05. The van der Waals surface area contributed by atoms with Crippen LogP contribution in [0.25, 0.3) is 22.3 Å². The van der Waals surface area contributed by atoms with Gasteiger partial charge in [-0.25, -0.2) is 14.4 Å². The minimum absolute atomic E-state index is 0.0501. The minimum atomic E-state index is -0.464. The van der Waals surface area contributed by atoms with Crippen molar-refractivity contribution in [2.75, 3.05) is 19.4 Å². The first-order chi connectivity index (χ1) is 14.0. The SMILES string of the molecule is CN(C)Cc1ccc2c(Nc3ccc(F)c(Cl)c3)nc(-c3cccnc3)nc2c1. The van der Waals surface area contributed by atoms with Crippen molar-refractivity contribution >= 4 is 34.0 Å². The van der Waals surface area contributed by atoms with E-state index < -0.39 is 5.82 Å². The van der Waals surface area contributed by atoms with E-state index in [1.807, 2.05) is 32.3 Å². The molecule has 7 heteroatoms. The molecule has 0 spiro atoms. The molecule has 0 radical (unpaired) electrons. The number of hydrogen-bond donors (Lipinski definition) is 1. The van der Waals surface area contributed by atoms with Crippen molar-refractivity contribution in [1.29, 1.82) is 0 Å². The molecule has 2 heterocycles. The van der Waals surface area contributed by atoms with Gasteiger partial charge in [-0.2, -0.15) is 0 Å². The topological polar surface area (TPSA) is 53.9 Å². The normalized spacial score (nSPS) is 11.2. The lowest BCUT2D eigenvalue weighted by Crippen LogP contribution is -2.10. The summed E-state index contributed by atoms with van der Waals surface area (Å²) in [5.74, 6) is 0.713.